The van der Waals surface area contributed by atoms with E-state index in [1.807, 2.05) is 17.9 Å². The molecule has 0 amide bonds. The van der Waals surface area contributed by atoms with E-state index in [0.29, 0.717) is 6.04 Å². The quantitative estimate of drug-likeness (QED) is 0.945. The van der Waals surface area contributed by atoms with E-state index < -0.39 is 0 Å². The summed E-state index contributed by atoms with van der Waals surface area (Å²) in [4.78, 5) is 0. The molecule has 0 saturated carbocycles. The van der Waals surface area contributed by atoms with Crippen molar-refractivity contribution in [2.75, 3.05) is 0 Å². The van der Waals surface area contributed by atoms with Crippen LogP contribution in [0.15, 0.2) is 35.1 Å². The maximum atomic E-state index is 4.19. The van der Waals surface area contributed by atoms with E-state index in [1.165, 1.54) is 34.0 Å². The second-order valence-corrected chi connectivity index (χ2v) is 5.75. The van der Waals surface area contributed by atoms with Gasteiger partial charge in [0.05, 0.1) is 6.20 Å². The third kappa shape index (κ3) is 2.35. The Kier molecular flexibility index (Phi) is 3.22. The van der Waals surface area contributed by atoms with Crippen molar-refractivity contribution in [2.45, 2.75) is 25.4 Å². The number of fused-ring (bicyclic) bond motifs is 1. The fraction of sp³-hybridized carbons (Fsp3) is 0.357. The van der Waals surface area contributed by atoms with E-state index in [9.17, 15) is 0 Å². The van der Waals surface area contributed by atoms with Crippen LogP contribution in [0.5, 0.6) is 0 Å². The number of halogens is 1. The average molecular weight is 306 g/mol. The summed E-state index contributed by atoms with van der Waals surface area (Å²) in [6.45, 7) is 0.883. The number of nitrogens with one attached hydrogen (secondary N) is 1. The lowest BCUT2D eigenvalue weighted by atomic mass is 10.1. The molecule has 1 N–H and O–H groups in total. The van der Waals surface area contributed by atoms with Crippen LogP contribution in [0, 0.1) is 0 Å². The number of benzene rings is 1. The molecule has 94 valence electrons. The number of hydrogen-bond donors (Lipinski definition) is 1. The molecular formula is C14H16BrN3. The monoisotopic (exact) mass is 305 g/mol. The smallest absolute Gasteiger partial charge is 0.0534 e. The second kappa shape index (κ2) is 4.86. The largest absolute Gasteiger partial charge is 0.306 e. The normalized spacial score (nSPS) is 18.0. The van der Waals surface area contributed by atoms with E-state index in [1.54, 1.807) is 0 Å². The molecule has 3 nitrogen and oxygen atoms in total. The maximum absolute atomic E-state index is 4.19. The molecule has 3 rings (SSSR count). The summed E-state index contributed by atoms with van der Waals surface area (Å²) in [6, 6.07) is 7.07. The first-order valence-corrected chi connectivity index (χ1v) is 7.01. The third-order valence-corrected chi connectivity index (χ3v) is 3.99. The SMILES string of the molecule is Cn1cc(CNC2CCc3cc(Br)ccc32)cn1. The Morgan fingerprint density at radius 3 is 3.17 bits per heavy atom. The van der Waals surface area contributed by atoms with Crippen LogP contribution in [-0.4, -0.2) is 9.78 Å². The number of aryl methyl sites for hydroxylation is 2. The van der Waals surface area contributed by atoms with Crippen LogP contribution in [0.25, 0.3) is 0 Å². The van der Waals surface area contributed by atoms with Gasteiger partial charge in [-0.15, -0.1) is 0 Å². The Balaban J connectivity index is 1.69. The summed E-state index contributed by atoms with van der Waals surface area (Å²) in [5, 5.41) is 7.81. The fourth-order valence-corrected chi connectivity index (χ4v) is 3.01. The van der Waals surface area contributed by atoms with Crippen LogP contribution < -0.4 is 5.32 Å². The molecule has 0 spiro atoms. The molecule has 0 bridgehead atoms. The number of aromatic nitrogens is 2. The molecule has 1 aliphatic rings. The highest BCUT2D eigenvalue weighted by molar-refractivity contribution is 9.10. The zero-order valence-corrected chi connectivity index (χ0v) is 11.9. The second-order valence-electron chi connectivity index (χ2n) is 4.84. The molecule has 1 heterocycles. The molecule has 1 unspecified atom stereocenters. The van der Waals surface area contributed by atoms with Gasteiger partial charge in [0.15, 0.2) is 0 Å². The van der Waals surface area contributed by atoms with Crippen LogP contribution in [0.2, 0.25) is 0 Å². The van der Waals surface area contributed by atoms with Gasteiger partial charge in [-0.3, -0.25) is 4.68 Å². The van der Waals surface area contributed by atoms with Gasteiger partial charge in [0, 0.05) is 35.9 Å². The van der Waals surface area contributed by atoms with Gasteiger partial charge in [-0.25, -0.2) is 0 Å². The third-order valence-electron chi connectivity index (χ3n) is 3.49. The molecule has 1 aromatic heterocycles. The number of rotatable bonds is 3. The Labute approximate surface area is 115 Å². The van der Waals surface area contributed by atoms with Crippen LogP contribution in [0.3, 0.4) is 0 Å². The first-order chi connectivity index (χ1) is 8.72. The van der Waals surface area contributed by atoms with Gasteiger partial charge in [0.2, 0.25) is 0 Å². The van der Waals surface area contributed by atoms with Gasteiger partial charge in [0.1, 0.15) is 0 Å². The van der Waals surface area contributed by atoms with E-state index in [0.717, 1.165) is 6.54 Å². The lowest BCUT2D eigenvalue weighted by molar-refractivity contribution is 0.530. The first-order valence-electron chi connectivity index (χ1n) is 6.21. The van der Waals surface area contributed by atoms with Crippen molar-refractivity contribution < 1.29 is 0 Å². The van der Waals surface area contributed by atoms with E-state index >= 15 is 0 Å². The minimum Gasteiger partial charge on any atom is -0.306 e. The lowest BCUT2D eigenvalue weighted by Gasteiger charge is -2.13. The summed E-state index contributed by atoms with van der Waals surface area (Å²) in [7, 11) is 1.95. The van der Waals surface area contributed by atoms with Crippen molar-refractivity contribution >= 4 is 15.9 Å². The lowest BCUT2D eigenvalue weighted by Crippen LogP contribution is -2.18. The summed E-state index contributed by atoms with van der Waals surface area (Å²) < 4.78 is 3.02. The first kappa shape index (κ1) is 11.9. The summed E-state index contributed by atoms with van der Waals surface area (Å²) in [6.07, 6.45) is 6.33. The highest BCUT2D eigenvalue weighted by atomic mass is 79.9. The van der Waals surface area contributed by atoms with Gasteiger partial charge in [-0.2, -0.15) is 5.10 Å². The van der Waals surface area contributed by atoms with Gasteiger partial charge in [-0.05, 0) is 36.1 Å². The zero-order valence-electron chi connectivity index (χ0n) is 10.4. The summed E-state index contributed by atoms with van der Waals surface area (Å²) >= 11 is 3.53. The molecule has 18 heavy (non-hydrogen) atoms. The number of nitrogens with zero attached hydrogens (tertiary/aromatic N) is 2. The molecule has 4 heteroatoms. The summed E-state index contributed by atoms with van der Waals surface area (Å²) in [5.74, 6) is 0. The molecule has 0 aliphatic heterocycles. The minimum atomic E-state index is 0.480. The number of hydrogen-bond acceptors (Lipinski definition) is 2. The van der Waals surface area contributed by atoms with Crippen molar-refractivity contribution in [3.8, 4) is 0 Å². The predicted octanol–water partition coefficient (Wildman–Crippen LogP) is 2.96. The van der Waals surface area contributed by atoms with Crippen molar-refractivity contribution in [2.24, 2.45) is 7.05 Å². The molecule has 0 fully saturated rings. The molecule has 1 aliphatic carbocycles. The van der Waals surface area contributed by atoms with Gasteiger partial charge < -0.3 is 5.32 Å². The van der Waals surface area contributed by atoms with Crippen molar-refractivity contribution in [3.63, 3.8) is 0 Å². The van der Waals surface area contributed by atoms with Crippen LogP contribution in [0.4, 0.5) is 0 Å². The molecular weight excluding hydrogens is 290 g/mol. The topological polar surface area (TPSA) is 29.9 Å². The van der Waals surface area contributed by atoms with Gasteiger partial charge >= 0.3 is 0 Å². The molecule has 1 atom stereocenters. The van der Waals surface area contributed by atoms with E-state index in [-0.39, 0.29) is 0 Å². The maximum Gasteiger partial charge on any atom is 0.0534 e. The average Bonchev–Trinajstić information content (AvgIpc) is 2.92. The highest BCUT2D eigenvalue weighted by Gasteiger charge is 2.21. The standard InChI is InChI=1S/C14H16BrN3/c1-18-9-10(8-17-18)7-16-14-5-2-11-6-12(15)3-4-13(11)14/h3-4,6,8-9,14,16H,2,5,7H2,1H3. The predicted molar refractivity (Wildman–Crippen MR) is 75.3 cm³/mol. The minimum absolute atomic E-state index is 0.480. The Morgan fingerprint density at radius 1 is 1.50 bits per heavy atom. The van der Waals surface area contributed by atoms with Gasteiger partial charge in [-0.1, -0.05) is 22.0 Å². The van der Waals surface area contributed by atoms with Crippen LogP contribution >= 0.6 is 15.9 Å². The zero-order chi connectivity index (χ0) is 12.5. The molecule has 1 aromatic carbocycles. The molecule has 0 saturated heterocycles. The van der Waals surface area contributed by atoms with Crippen molar-refractivity contribution in [1.82, 2.24) is 15.1 Å². The van der Waals surface area contributed by atoms with E-state index in [4.69, 9.17) is 0 Å². The molecule has 2 aromatic rings. The Morgan fingerprint density at radius 2 is 2.39 bits per heavy atom. The van der Waals surface area contributed by atoms with E-state index in [2.05, 4.69) is 50.7 Å². The Hall–Kier alpha value is -1.13. The van der Waals surface area contributed by atoms with Crippen molar-refractivity contribution in [3.05, 3.63) is 51.8 Å². The summed E-state index contributed by atoms with van der Waals surface area (Å²) in [5.41, 5.74) is 4.15. The Bertz CT molecular complexity index is 562. The fourth-order valence-electron chi connectivity index (χ4n) is 2.60. The van der Waals surface area contributed by atoms with Crippen LogP contribution in [0.1, 0.15) is 29.2 Å². The molecule has 0 radical (unpaired) electrons. The van der Waals surface area contributed by atoms with Crippen molar-refractivity contribution in [1.29, 1.82) is 0 Å². The highest BCUT2D eigenvalue weighted by Crippen LogP contribution is 2.33. The van der Waals surface area contributed by atoms with Gasteiger partial charge in [0.25, 0.3) is 0 Å². The van der Waals surface area contributed by atoms with Crippen LogP contribution in [-0.2, 0) is 20.0 Å².